The summed E-state index contributed by atoms with van der Waals surface area (Å²) in [5.74, 6) is 0.621. The summed E-state index contributed by atoms with van der Waals surface area (Å²) in [6.07, 6.45) is 4.65. The molecule has 0 bridgehead atoms. The van der Waals surface area contributed by atoms with Crippen LogP contribution in [0.5, 0.6) is 0 Å². The highest BCUT2D eigenvalue weighted by atomic mass is 35.5. The molecule has 5 nitrogen and oxygen atoms in total. The molecule has 37 heavy (non-hydrogen) atoms. The first-order valence-electron chi connectivity index (χ1n) is 13.2. The lowest BCUT2D eigenvalue weighted by Gasteiger charge is -2.33. The standard InChI is InChI=1S/C29H34Cl2FN3O2/c1-33(28(36)14-19-4-7-23(32)8-5-19)27-18-35(17-24(27)22-6-9-25(30)26(31)15-22)29(37)21-10-12-34(13-11-21)16-20-2-3-20/h4-9,15,20-21,24,27H,2-3,10-14,16-18H2,1H3/t24-,27+/m1/s1. The summed E-state index contributed by atoms with van der Waals surface area (Å²) >= 11 is 12.5. The zero-order valence-electron chi connectivity index (χ0n) is 21.2. The van der Waals surface area contributed by atoms with Crippen molar-refractivity contribution in [1.29, 1.82) is 0 Å². The predicted molar refractivity (Wildman–Crippen MR) is 144 cm³/mol. The van der Waals surface area contributed by atoms with E-state index in [9.17, 15) is 14.0 Å². The van der Waals surface area contributed by atoms with Gasteiger partial charge < -0.3 is 14.7 Å². The minimum absolute atomic E-state index is 0.0314. The van der Waals surface area contributed by atoms with Crippen molar-refractivity contribution in [2.75, 3.05) is 39.8 Å². The Hall–Kier alpha value is -2.15. The molecule has 1 aliphatic carbocycles. The SMILES string of the molecule is CN(C(=O)Cc1ccc(F)cc1)[C@H]1CN(C(=O)C2CCN(CC3CC3)CC2)C[C@@H]1c1ccc(Cl)c(Cl)c1. The molecule has 2 aliphatic heterocycles. The van der Waals surface area contributed by atoms with E-state index in [0.717, 1.165) is 43.0 Å². The number of nitrogens with zero attached hydrogens (tertiary/aromatic N) is 3. The van der Waals surface area contributed by atoms with E-state index in [-0.39, 0.29) is 41.9 Å². The van der Waals surface area contributed by atoms with Crippen molar-refractivity contribution >= 4 is 35.0 Å². The molecular weight excluding hydrogens is 512 g/mol. The number of likely N-dealkylation sites (N-methyl/N-ethyl adjacent to an activating group) is 1. The Balaban J connectivity index is 1.30. The van der Waals surface area contributed by atoms with E-state index in [1.807, 2.05) is 17.0 Å². The fraction of sp³-hybridized carbons (Fsp3) is 0.517. The van der Waals surface area contributed by atoms with Gasteiger partial charge in [0.1, 0.15) is 5.82 Å². The summed E-state index contributed by atoms with van der Waals surface area (Å²) in [5, 5.41) is 0.942. The zero-order chi connectivity index (χ0) is 26.1. The molecule has 0 spiro atoms. The molecule has 2 aromatic rings. The number of amides is 2. The van der Waals surface area contributed by atoms with Crippen molar-refractivity contribution in [2.24, 2.45) is 11.8 Å². The second kappa shape index (κ2) is 11.3. The summed E-state index contributed by atoms with van der Waals surface area (Å²) in [6.45, 7) is 4.16. The molecule has 2 amide bonds. The maximum atomic E-state index is 13.6. The summed E-state index contributed by atoms with van der Waals surface area (Å²) in [7, 11) is 1.80. The first-order chi connectivity index (χ1) is 17.8. The first kappa shape index (κ1) is 26.5. The van der Waals surface area contributed by atoms with Gasteiger partial charge in [-0.05, 0) is 80.1 Å². The van der Waals surface area contributed by atoms with Crippen LogP contribution < -0.4 is 0 Å². The van der Waals surface area contributed by atoms with E-state index in [1.54, 1.807) is 30.1 Å². The zero-order valence-corrected chi connectivity index (χ0v) is 22.7. The van der Waals surface area contributed by atoms with Crippen molar-refractivity contribution < 1.29 is 14.0 Å². The Morgan fingerprint density at radius 1 is 0.973 bits per heavy atom. The fourth-order valence-electron chi connectivity index (χ4n) is 5.80. The maximum absolute atomic E-state index is 13.6. The van der Waals surface area contributed by atoms with Crippen LogP contribution in [-0.4, -0.2) is 72.3 Å². The molecule has 0 unspecified atom stereocenters. The van der Waals surface area contributed by atoms with E-state index in [2.05, 4.69) is 4.90 Å². The van der Waals surface area contributed by atoms with Crippen LogP contribution in [0.3, 0.4) is 0 Å². The van der Waals surface area contributed by atoms with E-state index >= 15 is 0 Å². The molecule has 2 aromatic carbocycles. The number of hydrogen-bond donors (Lipinski definition) is 0. The van der Waals surface area contributed by atoms with Crippen molar-refractivity contribution in [3.63, 3.8) is 0 Å². The molecule has 1 saturated carbocycles. The maximum Gasteiger partial charge on any atom is 0.227 e. The molecule has 2 saturated heterocycles. The summed E-state index contributed by atoms with van der Waals surface area (Å²) in [4.78, 5) is 33.1. The van der Waals surface area contributed by atoms with E-state index in [4.69, 9.17) is 23.2 Å². The highest BCUT2D eigenvalue weighted by Gasteiger charge is 2.42. The van der Waals surface area contributed by atoms with Gasteiger partial charge in [-0.3, -0.25) is 9.59 Å². The highest BCUT2D eigenvalue weighted by Crippen LogP contribution is 2.36. The van der Waals surface area contributed by atoms with Gasteiger partial charge in [-0.2, -0.15) is 0 Å². The van der Waals surface area contributed by atoms with Crippen LogP contribution in [0.4, 0.5) is 4.39 Å². The molecule has 5 rings (SSSR count). The van der Waals surface area contributed by atoms with Gasteiger partial charge in [0.05, 0.1) is 22.5 Å². The van der Waals surface area contributed by atoms with Crippen LogP contribution in [0.2, 0.25) is 10.0 Å². The van der Waals surface area contributed by atoms with Crippen molar-refractivity contribution in [3.05, 3.63) is 69.5 Å². The Morgan fingerprint density at radius 3 is 2.32 bits per heavy atom. The molecule has 2 heterocycles. The molecular formula is C29H34Cl2FN3O2. The fourth-order valence-corrected chi connectivity index (χ4v) is 6.11. The molecule has 8 heteroatoms. The van der Waals surface area contributed by atoms with Crippen LogP contribution in [0, 0.1) is 17.7 Å². The number of carbonyl (C=O) groups excluding carboxylic acids is 2. The molecule has 0 N–H and O–H groups in total. The second-order valence-corrected chi connectivity index (χ2v) is 11.7. The number of likely N-dealkylation sites (tertiary alicyclic amines) is 2. The smallest absolute Gasteiger partial charge is 0.227 e. The lowest BCUT2D eigenvalue weighted by atomic mass is 9.93. The van der Waals surface area contributed by atoms with E-state index in [1.165, 1.54) is 31.5 Å². The average Bonchev–Trinajstić information content (AvgIpc) is 3.60. The predicted octanol–water partition coefficient (Wildman–Crippen LogP) is 5.25. The lowest BCUT2D eigenvalue weighted by Crippen LogP contribution is -2.45. The summed E-state index contributed by atoms with van der Waals surface area (Å²) in [6, 6.07) is 11.4. The third-order valence-electron chi connectivity index (χ3n) is 8.28. The minimum Gasteiger partial charge on any atom is -0.340 e. The molecule has 2 atom stereocenters. The van der Waals surface area contributed by atoms with Crippen LogP contribution in [-0.2, 0) is 16.0 Å². The molecule has 0 radical (unpaired) electrons. The first-order valence-corrected chi connectivity index (χ1v) is 14.0. The van der Waals surface area contributed by atoms with E-state index < -0.39 is 0 Å². The number of piperidine rings is 1. The third-order valence-corrected chi connectivity index (χ3v) is 9.02. The largest absolute Gasteiger partial charge is 0.340 e. The second-order valence-electron chi connectivity index (χ2n) is 10.9. The van der Waals surface area contributed by atoms with Gasteiger partial charge in [0.2, 0.25) is 11.8 Å². The van der Waals surface area contributed by atoms with Gasteiger partial charge in [-0.1, -0.05) is 41.4 Å². The summed E-state index contributed by atoms with van der Waals surface area (Å²) < 4.78 is 13.3. The van der Waals surface area contributed by atoms with Gasteiger partial charge in [0.15, 0.2) is 0 Å². The monoisotopic (exact) mass is 545 g/mol. The highest BCUT2D eigenvalue weighted by molar-refractivity contribution is 6.42. The van der Waals surface area contributed by atoms with Gasteiger partial charge in [-0.15, -0.1) is 0 Å². The Labute approximate surface area is 228 Å². The lowest BCUT2D eigenvalue weighted by molar-refractivity contribution is -0.137. The topological polar surface area (TPSA) is 43.9 Å². The van der Waals surface area contributed by atoms with Crippen LogP contribution in [0.15, 0.2) is 42.5 Å². The quantitative estimate of drug-likeness (QED) is 0.477. The van der Waals surface area contributed by atoms with Crippen molar-refractivity contribution in [2.45, 2.75) is 44.1 Å². The van der Waals surface area contributed by atoms with Crippen LogP contribution >= 0.6 is 23.2 Å². The Morgan fingerprint density at radius 2 is 1.68 bits per heavy atom. The van der Waals surface area contributed by atoms with Crippen molar-refractivity contribution in [3.8, 4) is 0 Å². The normalized spacial score (nSPS) is 22.9. The van der Waals surface area contributed by atoms with Gasteiger partial charge in [0.25, 0.3) is 0 Å². The molecule has 3 fully saturated rings. The van der Waals surface area contributed by atoms with Crippen LogP contribution in [0.1, 0.15) is 42.7 Å². The number of rotatable bonds is 7. The van der Waals surface area contributed by atoms with Crippen molar-refractivity contribution in [1.82, 2.24) is 14.7 Å². The molecule has 198 valence electrons. The van der Waals surface area contributed by atoms with Gasteiger partial charge >= 0.3 is 0 Å². The average molecular weight is 547 g/mol. The Kier molecular flexibility index (Phi) is 8.08. The number of hydrogen-bond acceptors (Lipinski definition) is 3. The molecule has 0 aromatic heterocycles. The number of halogens is 3. The number of carbonyl (C=O) groups is 2. The minimum atomic E-state index is -0.326. The Bertz CT molecular complexity index is 1130. The van der Waals surface area contributed by atoms with E-state index in [0.29, 0.717) is 23.1 Å². The van der Waals surface area contributed by atoms with Crippen LogP contribution in [0.25, 0.3) is 0 Å². The number of benzene rings is 2. The van der Waals surface area contributed by atoms with Gasteiger partial charge in [0, 0.05) is 38.5 Å². The summed E-state index contributed by atoms with van der Waals surface area (Å²) in [5.41, 5.74) is 1.73. The molecule has 3 aliphatic rings. The third kappa shape index (κ3) is 6.30. The van der Waals surface area contributed by atoms with Gasteiger partial charge in [-0.25, -0.2) is 4.39 Å².